The summed E-state index contributed by atoms with van der Waals surface area (Å²) in [7, 11) is 0. The molecule has 1 aromatic rings. The summed E-state index contributed by atoms with van der Waals surface area (Å²) in [5.74, 6) is -0.977. The van der Waals surface area contributed by atoms with Gasteiger partial charge in [-0.15, -0.1) is 0 Å². The zero-order valence-electron chi connectivity index (χ0n) is 12.3. The van der Waals surface area contributed by atoms with E-state index in [1.165, 1.54) is 0 Å². The molecule has 5 nitrogen and oxygen atoms in total. The van der Waals surface area contributed by atoms with Crippen molar-refractivity contribution in [2.75, 3.05) is 5.32 Å². The van der Waals surface area contributed by atoms with E-state index in [4.69, 9.17) is 0 Å². The van der Waals surface area contributed by atoms with Gasteiger partial charge < -0.3 is 15.7 Å². The first-order chi connectivity index (χ1) is 9.49. The van der Waals surface area contributed by atoms with E-state index in [0.29, 0.717) is 5.69 Å². The highest BCUT2D eigenvalue weighted by atomic mass is 79.9. The molecule has 2 amide bonds. The summed E-state index contributed by atoms with van der Waals surface area (Å²) in [6.45, 7) is 6.50. The van der Waals surface area contributed by atoms with Crippen LogP contribution in [0.3, 0.4) is 0 Å². The maximum absolute atomic E-state index is 12.1. The molecule has 0 saturated carbocycles. The van der Waals surface area contributed by atoms with Gasteiger partial charge in [0, 0.05) is 8.95 Å². The lowest BCUT2D eigenvalue weighted by molar-refractivity contribution is -0.150. The Hall–Kier alpha value is -1.08. The fourth-order valence-electron chi connectivity index (χ4n) is 1.47. The van der Waals surface area contributed by atoms with Crippen LogP contribution in [0.25, 0.3) is 0 Å². The molecule has 0 saturated heterocycles. The van der Waals surface area contributed by atoms with Crippen molar-refractivity contribution >= 4 is 49.5 Å². The van der Waals surface area contributed by atoms with Crippen LogP contribution in [0.5, 0.6) is 0 Å². The summed E-state index contributed by atoms with van der Waals surface area (Å²) < 4.78 is 1.45. The number of hydrogen-bond donors (Lipinski definition) is 3. The first-order valence-electron chi connectivity index (χ1n) is 6.25. The van der Waals surface area contributed by atoms with Crippen LogP contribution in [0.1, 0.15) is 27.7 Å². The van der Waals surface area contributed by atoms with Gasteiger partial charge in [-0.1, -0.05) is 6.07 Å². The highest BCUT2D eigenvalue weighted by molar-refractivity contribution is 9.11. The Morgan fingerprint density at radius 3 is 2.00 bits per heavy atom. The minimum Gasteiger partial charge on any atom is -0.481 e. The maximum Gasteiger partial charge on any atom is 0.319 e. The van der Waals surface area contributed by atoms with Crippen molar-refractivity contribution in [3.8, 4) is 0 Å². The first kappa shape index (κ1) is 18.0. The lowest BCUT2D eigenvalue weighted by Gasteiger charge is -2.38. The minimum atomic E-state index is -1.12. The van der Waals surface area contributed by atoms with Gasteiger partial charge in [0.15, 0.2) is 0 Å². The SMILES string of the molecule is CC(C)(NC(=O)Nc1c(Br)cccc1Br)C(C)(C)C(=O)O. The summed E-state index contributed by atoms with van der Waals surface area (Å²) in [4.78, 5) is 23.5. The van der Waals surface area contributed by atoms with Crippen LogP contribution in [0, 0.1) is 5.41 Å². The second-order valence-electron chi connectivity index (χ2n) is 5.73. The summed E-state index contributed by atoms with van der Waals surface area (Å²) in [6, 6.07) is 4.95. The van der Waals surface area contributed by atoms with Crippen molar-refractivity contribution < 1.29 is 14.7 Å². The molecule has 21 heavy (non-hydrogen) atoms. The van der Waals surface area contributed by atoms with Crippen LogP contribution >= 0.6 is 31.9 Å². The van der Waals surface area contributed by atoms with Crippen LogP contribution in [0.2, 0.25) is 0 Å². The predicted molar refractivity (Wildman–Crippen MR) is 89.5 cm³/mol. The molecule has 7 heteroatoms. The van der Waals surface area contributed by atoms with Crippen molar-refractivity contribution in [2.45, 2.75) is 33.2 Å². The van der Waals surface area contributed by atoms with Gasteiger partial charge in [0.1, 0.15) is 0 Å². The number of urea groups is 1. The molecule has 0 spiro atoms. The topological polar surface area (TPSA) is 78.4 Å². The zero-order valence-corrected chi connectivity index (χ0v) is 15.4. The van der Waals surface area contributed by atoms with Crippen molar-refractivity contribution in [1.29, 1.82) is 0 Å². The molecule has 0 bridgehead atoms. The first-order valence-corrected chi connectivity index (χ1v) is 7.84. The smallest absolute Gasteiger partial charge is 0.319 e. The van der Waals surface area contributed by atoms with Crippen LogP contribution in [0.4, 0.5) is 10.5 Å². The number of rotatable bonds is 4. The Bertz CT molecular complexity index is 551. The normalized spacial score (nSPS) is 11.9. The number of amides is 2. The van der Waals surface area contributed by atoms with Gasteiger partial charge in [-0.05, 0) is 71.7 Å². The minimum absolute atomic E-state index is 0.470. The average molecular weight is 422 g/mol. The van der Waals surface area contributed by atoms with Crippen molar-refractivity contribution in [1.82, 2.24) is 5.32 Å². The van der Waals surface area contributed by atoms with Gasteiger partial charge in [-0.3, -0.25) is 4.79 Å². The molecule has 3 N–H and O–H groups in total. The number of carboxylic acid groups (broad SMARTS) is 1. The Balaban J connectivity index is 2.90. The lowest BCUT2D eigenvalue weighted by atomic mass is 9.74. The molecule has 0 heterocycles. The molecule has 0 aliphatic carbocycles. The quantitative estimate of drug-likeness (QED) is 0.680. The Morgan fingerprint density at radius 2 is 1.57 bits per heavy atom. The van der Waals surface area contributed by atoms with E-state index < -0.39 is 23.0 Å². The Labute approximate surface area is 140 Å². The number of nitrogens with one attached hydrogen (secondary N) is 2. The number of anilines is 1. The number of para-hydroxylation sites is 1. The number of carbonyl (C=O) groups is 2. The van der Waals surface area contributed by atoms with E-state index >= 15 is 0 Å². The highest BCUT2D eigenvalue weighted by Crippen LogP contribution is 2.32. The monoisotopic (exact) mass is 420 g/mol. The number of benzene rings is 1. The summed E-state index contributed by atoms with van der Waals surface area (Å²) >= 11 is 6.70. The number of halogens is 2. The molecule has 0 aliphatic heterocycles. The third-order valence-corrected chi connectivity index (χ3v) is 5.05. The van der Waals surface area contributed by atoms with Gasteiger partial charge in [-0.2, -0.15) is 0 Å². The van der Waals surface area contributed by atoms with E-state index in [1.807, 2.05) is 6.07 Å². The molecule has 0 atom stereocenters. The number of carboxylic acids is 1. The second kappa shape index (κ2) is 6.36. The van der Waals surface area contributed by atoms with Crippen LogP contribution in [-0.2, 0) is 4.79 Å². The third-order valence-electron chi connectivity index (χ3n) is 3.72. The lowest BCUT2D eigenvalue weighted by Crippen LogP contribution is -2.57. The van der Waals surface area contributed by atoms with Crippen LogP contribution in [0.15, 0.2) is 27.1 Å². The molecule has 116 valence electrons. The van der Waals surface area contributed by atoms with Gasteiger partial charge in [0.05, 0.1) is 16.6 Å². The highest BCUT2D eigenvalue weighted by Gasteiger charge is 2.44. The van der Waals surface area contributed by atoms with Crippen molar-refractivity contribution in [3.63, 3.8) is 0 Å². The van der Waals surface area contributed by atoms with E-state index in [2.05, 4.69) is 42.5 Å². The fourth-order valence-corrected chi connectivity index (χ4v) is 2.67. The number of aliphatic carboxylic acids is 1. The zero-order chi connectivity index (χ0) is 16.4. The second-order valence-corrected chi connectivity index (χ2v) is 7.44. The van der Waals surface area contributed by atoms with Gasteiger partial charge in [-0.25, -0.2) is 4.79 Å². The molecule has 1 aromatic carbocycles. The van der Waals surface area contributed by atoms with Crippen molar-refractivity contribution in [2.24, 2.45) is 5.41 Å². The number of hydrogen-bond acceptors (Lipinski definition) is 2. The predicted octanol–water partition coefficient (Wildman–Crippen LogP) is 4.22. The molecule has 0 aliphatic rings. The van der Waals surface area contributed by atoms with Crippen molar-refractivity contribution in [3.05, 3.63) is 27.1 Å². The Morgan fingerprint density at radius 1 is 1.10 bits per heavy atom. The number of carbonyl (C=O) groups excluding carboxylic acids is 1. The summed E-state index contributed by atoms with van der Waals surface area (Å²) in [6.07, 6.45) is 0. The Kier molecular flexibility index (Phi) is 5.44. The molecule has 0 unspecified atom stereocenters. The third kappa shape index (κ3) is 3.97. The van der Waals surface area contributed by atoms with E-state index in [0.717, 1.165) is 8.95 Å². The standard InChI is InChI=1S/C14H18Br2N2O3/c1-13(2,11(19)20)14(3,4)18-12(21)17-10-8(15)6-5-7-9(10)16/h5-7H,1-4H3,(H,19,20)(H2,17,18,21). The van der Waals surface area contributed by atoms with E-state index in [9.17, 15) is 14.7 Å². The average Bonchev–Trinajstić information content (AvgIpc) is 2.33. The fraction of sp³-hybridized carbons (Fsp3) is 0.429. The molecule has 0 fully saturated rings. The molecular formula is C14H18Br2N2O3. The van der Waals surface area contributed by atoms with Gasteiger partial charge in [0.25, 0.3) is 0 Å². The molecular weight excluding hydrogens is 404 g/mol. The maximum atomic E-state index is 12.1. The molecule has 1 rings (SSSR count). The van der Waals surface area contributed by atoms with E-state index in [-0.39, 0.29) is 0 Å². The van der Waals surface area contributed by atoms with E-state index in [1.54, 1.807) is 39.8 Å². The van der Waals surface area contributed by atoms with Crippen LogP contribution < -0.4 is 10.6 Å². The summed E-state index contributed by atoms with van der Waals surface area (Å²) in [5, 5.41) is 14.7. The van der Waals surface area contributed by atoms with Gasteiger partial charge in [0.2, 0.25) is 0 Å². The summed E-state index contributed by atoms with van der Waals surface area (Å²) in [5.41, 5.74) is -1.47. The molecule has 0 radical (unpaired) electrons. The van der Waals surface area contributed by atoms with Gasteiger partial charge >= 0.3 is 12.0 Å². The van der Waals surface area contributed by atoms with Crippen LogP contribution in [-0.4, -0.2) is 22.6 Å². The largest absolute Gasteiger partial charge is 0.481 e. The molecule has 0 aromatic heterocycles.